The Hall–Kier alpha value is -1.95. The van der Waals surface area contributed by atoms with Crippen LogP contribution >= 0.6 is 0 Å². The first-order valence-corrected chi connectivity index (χ1v) is 10.8. The lowest BCUT2D eigenvalue weighted by Crippen LogP contribution is -2.39. The Morgan fingerprint density at radius 3 is 2.55 bits per heavy atom. The van der Waals surface area contributed by atoms with Crippen molar-refractivity contribution in [1.82, 2.24) is 14.8 Å². The molecule has 0 aliphatic carbocycles. The summed E-state index contributed by atoms with van der Waals surface area (Å²) in [7, 11) is 1.78. The molecule has 0 atom stereocenters. The van der Waals surface area contributed by atoms with Crippen molar-refractivity contribution >= 4 is 0 Å². The molecule has 29 heavy (non-hydrogen) atoms. The van der Waals surface area contributed by atoms with E-state index in [1.807, 2.05) is 19.3 Å². The van der Waals surface area contributed by atoms with Gasteiger partial charge in [-0.3, -0.25) is 9.88 Å². The van der Waals surface area contributed by atoms with Gasteiger partial charge in [0.25, 0.3) is 0 Å². The summed E-state index contributed by atoms with van der Waals surface area (Å²) in [6.07, 6.45) is 6.28. The zero-order valence-corrected chi connectivity index (χ0v) is 17.9. The average molecular weight is 398 g/mol. The van der Waals surface area contributed by atoms with E-state index in [4.69, 9.17) is 9.47 Å². The van der Waals surface area contributed by atoms with Crippen LogP contribution in [0.2, 0.25) is 0 Å². The second-order valence-corrected chi connectivity index (χ2v) is 7.84. The molecule has 1 aliphatic heterocycles. The van der Waals surface area contributed by atoms with Crippen molar-refractivity contribution in [3.05, 3.63) is 59.9 Å². The number of piperidine rings is 1. The first-order chi connectivity index (χ1) is 14.3. The molecule has 3 rings (SSSR count). The number of rotatable bonds is 11. The molecule has 0 amide bonds. The molecule has 0 bridgehead atoms. The highest BCUT2D eigenvalue weighted by Gasteiger charge is 2.22. The Balaban J connectivity index is 1.64. The van der Waals surface area contributed by atoms with Crippen molar-refractivity contribution < 1.29 is 9.47 Å². The van der Waals surface area contributed by atoms with Crippen molar-refractivity contribution in [2.45, 2.75) is 32.9 Å². The highest BCUT2D eigenvalue weighted by molar-refractivity contribution is 5.33. The second kappa shape index (κ2) is 11.9. The van der Waals surface area contributed by atoms with Crippen LogP contribution in [0.15, 0.2) is 48.8 Å². The van der Waals surface area contributed by atoms with Gasteiger partial charge in [0.2, 0.25) is 0 Å². The summed E-state index contributed by atoms with van der Waals surface area (Å²) in [5.74, 6) is 1.74. The van der Waals surface area contributed by atoms with Gasteiger partial charge in [-0.05, 0) is 62.5 Å². The van der Waals surface area contributed by atoms with Crippen LogP contribution in [-0.2, 0) is 17.8 Å². The molecule has 1 fully saturated rings. The van der Waals surface area contributed by atoms with E-state index in [0.717, 1.165) is 44.5 Å². The summed E-state index contributed by atoms with van der Waals surface area (Å²) in [5.41, 5.74) is 2.58. The van der Waals surface area contributed by atoms with Gasteiger partial charge in [-0.15, -0.1) is 0 Å². The first-order valence-electron chi connectivity index (χ1n) is 10.8. The van der Waals surface area contributed by atoms with E-state index in [9.17, 15) is 0 Å². The fraction of sp³-hybridized carbons (Fsp3) is 0.542. The molecule has 0 saturated carbocycles. The van der Waals surface area contributed by atoms with Crippen LogP contribution in [0.1, 0.15) is 30.9 Å². The Bertz CT molecular complexity index is 702. The SMILES string of the molecule is CCOc1ccccc1CN(Cc1ccncc1)CC1CCN(CCOC)CC1. The van der Waals surface area contributed by atoms with Crippen LogP contribution in [0.5, 0.6) is 5.75 Å². The quantitative estimate of drug-likeness (QED) is 0.576. The number of aromatic nitrogens is 1. The maximum absolute atomic E-state index is 5.87. The fourth-order valence-corrected chi connectivity index (χ4v) is 4.08. The molecule has 158 valence electrons. The zero-order chi connectivity index (χ0) is 20.3. The first kappa shape index (κ1) is 21.8. The fourth-order valence-electron chi connectivity index (χ4n) is 4.08. The van der Waals surface area contributed by atoms with E-state index >= 15 is 0 Å². The number of hydrogen-bond donors (Lipinski definition) is 0. The standard InChI is InChI=1S/C24H35N3O2/c1-3-29-24-7-5-4-6-23(24)20-27(18-21-8-12-25-13-9-21)19-22-10-14-26(15-11-22)16-17-28-2/h4-9,12-13,22H,3,10-11,14-20H2,1-2H3. The van der Waals surface area contributed by atoms with Gasteiger partial charge in [0.05, 0.1) is 13.2 Å². The number of pyridine rings is 1. The molecule has 0 radical (unpaired) electrons. The highest BCUT2D eigenvalue weighted by Crippen LogP contribution is 2.24. The predicted molar refractivity (Wildman–Crippen MR) is 117 cm³/mol. The van der Waals surface area contributed by atoms with Crippen molar-refractivity contribution in [2.75, 3.05) is 46.5 Å². The van der Waals surface area contributed by atoms with Crippen molar-refractivity contribution in [3.63, 3.8) is 0 Å². The van der Waals surface area contributed by atoms with E-state index in [-0.39, 0.29) is 0 Å². The molecule has 1 aromatic heterocycles. The molecule has 2 aromatic rings. The third-order valence-electron chi connectivity index (χ3n) is 5.66. The molecule has 5 nitrogen and oxygen atoms in total. The van der Waals surface area contributed by atoms with E-state index in [1.165, 1.54) is 37.1 Å². The Labute approximate surface area is 175 Å². The van der Waals surface area contributed by atoms with Gasteiger partial charge < -0.3 is 14.4 Å². The van der Waals surface area contributed by atoms with Crippen LogP contribution in [0.3, 0.4) is 0 Å². The Morgan fingerprint density at radius 1 is 1.07 bits per heavy atom. The van der Waals surface area contributed by atoms with Gasteiger partial charge in [0, 0.05) is 51.2 Å². The summed E-state index contributed by atoms with van der Waals surface area (Å²) in [6.45, 7) is 9.92. The van der Waals surface area contributed by atoms with Gasteiger partial charge >= 0.3 is 0 Å². The van der Waals surface area contributed by atoms with Crippen molar-refractivity contribution in [2.24, 2.45) is 5.92 Å². The number of para-hydroxylation sites is 1. The minimum Gasteiger partial charge on any atom is -0.494 e. The van der Waals surface area contributed by atoms with E-state index in [2.05, 4.69) is 51.2 Å². The lowest BCUT2D eigenvalue weighted by atomic mass is 9.95. The summed E-state index contributed by atoms with van der Waals surface area (Å²) >= 11 is 0. The molecule has 0 unspecified atom stereocenters. The van der Waals surface area contributed by atoms with E-state index in [1.54, 1.807) is 7.11 Å². The number of benzene rings is 1. The van der Waals surface area contributed by atoms with Gasteiger partial charge in [-0.25, -0.2) is 0 Å². The zero-order valence-electron chi connectivity index (χ0n) is 17.9. The number of hydrogen-bond acceptors (Lipinski definition) is 5. The molecule has 1 aliphatic rings. The molecule has 5 heteroatoms. The second-order valence-electron chi connectivity index (χ2n) is 7.84. The van der Waals surface area contributed by atoms with Gasteiger partial charge in [0.1, 0.15) is 5.75 Å². The topological polar surface area (TPSA) is 37.8 Å². The lowest BCUT2D eigenvalue weighted by Gasteiger charge is -2.35. The van der Waals surface area contributed by atoms with Gasteiger partial charge in [-0.2, -0.15) is 0 Å². The van der Waals surface area contributed by atoms with E-state index in [0.29, 0.717) is 6.61 Å². The molecule has 1 aromatic carbocycles. The summed E-state index contributed by atoms with van der Waals surface area (Å²) in [6, 6.07) is 12.7. The smallest absolute Gasteiger partial charge is 0.123 e. The minimum absolute atomic E-state index is 0.696. The number of methoxy groups -OCH3 is 1. The molecule has 2 heterocycles. The van der Waals surface area contributed by atoms with Crippen molar-refractivity contribution in [1.29, 1.82) is 0 Å². The summed E-state index contributed by atoms with van der Waals surface area (Å²) in [4.78, 5) is 9.27. The highest BCUT2D eigenvalue weighted by atomic mass is 16.5. The maximum Gasteiger partial charge on any atom is 0.123 e. The average Bonchev–Trinajstić information content (AvgIpc) is 2.75. The largest absolute Gasteiger partial charge is 0.494 e. The number of ether oxygens (including phenoxy) is 2. The van der Waals surface area contributed by atoms with Crippen LogP contribution in [0.4, 0.5) is 0 Å². The third-order valence-corrected chi connectivity index (χ3v) is 5.66. The van der Waals surface area contributed by atoms with Crippen LogP contribution in [-0.4, -0.2) is 61.3 Å². The lowest BCUT2D eigenvalue weighted by molar-refractivity contribution is 0.103. The van der Waals surface area contributed by atoms with Crippen LogP contribution in [0, 0.1) is 5.92 Å². The predicted octanol–water partition coefficient (Wildman–Crippen LogP) is 3.84. The number of likely N-dealkylation sites (tertiary alicyclic amines) is 1. The summed E-state index contributed by atoms with van der Waals surface area (Å²) < 4.78 is 11.1. The van der Waals surface area contributed by atoms with E-state index < -0.39 is 0 Å². The van der Waals surface area contributed by atoms with Crippen molar-refractivity contribution in [3.8, 4) is 5.75 Å². The molecule has 1 saturated heterocycles. The maximum atomic E-state index is 5.87. The third kappa shape index (κ3) is 7.11. The van der Waals surface area contributed by atoms with Gasteiger partial charge in [0.15, 0.2) is 0 Å². The van der Waals surface area contributed by atoms with Gasteiger partial charge in [-0.1, -0.05) is 18.2 Å². The number of nitrogens with zero attached hydrogens (tertiary/aromatic N) is 3. The Kier molecular flexibility index (Phi) is 8.93. The molecular formula is C24H35N3O2. The molecule has 0 N–H and O–H groups in total. The monoisotopic (exact) mass is 397 g/mol. The Morgan fingerprint density at radius 2 is 1.83 bits per heavy atom. The normalized spacial score (nSPS) is 15.7. The van der Waals surface area contributed by atoms with Crippen LogP contribution < -0.4 is 4.74 Å². The molecular weight excluding hydrogens is 362 g/mol. The minimum atomic E-state index is 0.696. The van der Waals surface area contributed by atoms with Crippen LogP contribution in [0.25, 0.3) is 0 Å². The molecule has 0 spiro atoms. The summed E-state index contributed by atoms with van der Waals surface area (Å²) in [5, 5.41) is 0.